The second-order valence-electron chi connectivity index (χ2n) is 4.96. The summed E-state index contributed by atoms with van der Waals surface area (Å²) in [5, 5.41) is 10.2. The van der Waals surface area contributed by atoms with E-state index in [9.17, 15) is 4.79 Å². The summed E-state index contributed by atoms with van der Waals surface area (Å²) in [7, 11) is 1.60. The molecule has 7 nitrogen and oxygen atoms in total. The Morgan fingerprint density at radius 3 is 2.58 bits per heavy atom. The Labute approximate surface area is 165 Å². The van der Waals surface area contributed by atoms with Gasteiger partial charge >= 0.3 is 0 Å². The first-order chi connectivity index (χ1) is 11.1. The molecule has 0 aliphatic heterocycles. The number of aliphatic imine (C=N–C) groups is 1. The van der Waals surface area contributed by atoms with Crippen molar-refractivity contribution in [1.82, 2.24) is 20.9 Å². The largest absolute Gasteiger partial charge is 0.383 e. The molecule has 0 bridgehead atoms. The Morgan fingerprint density at radius 2 is 2.00 bits per heavy atom. The van der Waals surface area contributed by atoms with Crippen molar-refractivity contribution < 1.29 is 9.53 Å². The Balaban J connectivity index is 0.00000529. The number of aromatic nitrogens is 1. The molecule has 0 aliphatic rings. The molecule has 0 spiro atoms. The second-order valence-corrected chi connectivity index (χ2v) is 6.25. The van der Waals surface area contributed by atoms with Crippen LogP contribution in [0.15, 0.2) is 4.99 Å². The summed E-state index contributed by atoms with van der Waals surface area (Å²) in [6, 6.07) is 0. The highest BCUT2D eigenvalue weighted by Crippen LogP contribution is 2.16. The first-order valence-electron chi connectivity index (χ1n) is 7.77. The number of amides is 1. The molecule has 0 unspecified atom stereocenters. The van der Waals surface area contributed by atoms with Crippen molar-refractivity contribution in [2.24, 2.45) is 4.99 Å². The van der Waals surface area contributed by atoms with E-state index in [-0.39, 0.29) is 36.4 Å². The lowest BCUT2D eigenvalue weighted by atomic mass is 10.4. The van der Waals surface area contributed by atoms with Crippen molar-refractivity contribution in [3.8, 4) is 0 Å². The SMILES string of the molecule is CCNC(=NCC(=O)NCCOC)NCCc1nc(C)c(C)s1.I. The maximum atomic E-state index is 11.6. The van der Waals surface area contributed by atoms with Crippen LogP contribution in [0.3, 0.4) is 0 Å². The maximum Gasteiger partial charge on any atom is 0.241 e. The third-order valence-electron chi connectivity index (χ3n) is 3.06. The van der Waals surface area contributed by atoms with Crippen LogP contribution in [-0.4, -0.2) is 56.7 Å². The smallest absolute Gasteiger partial charge is 0.241 e. The Morgan fingerprint density at radius 1 is 1.25 bits per heavy atom. The molecule has 0 aliphatic carbocycles. The molecule has 1 aromatic rings. The molecule has 0 radical (unpaired) electrons. The summed E-state index contributed by atoms with van der Waals surface area (Å²) in [5.74, 6) is 0.518. The van der Waals surface area contributed by atoms with E-state index in [4.69, 9.17) is 4.74 Å². The van der Waals surface area contributed by atoms with Crippen LogP contribution >= 0.6 is 35.3 Å². The predicted octanol–water partition coefficient (Wildman–Crippen LogP) is 1.24. The van der Waals surface area contributed by atoms with Gasteiger partial charge in [0.2, 0.25) is 5.91 Å². The molecule has 1 heterocycles. The molecule has 1 amide bonds. The Hall–Kier alpha value is -0.940. The van der Waals surface area contributed by atoms with Crippen LogP contribution in [0.2, 0.25) is 0 Å². The number of aryl methyl sites for hydroxylation is 2. The molecule has 0 aromatic carbocycles. The highest BCUT2D eigenvalue weighted by atomic mass is 127. The van der Waals surface area contributed by atoms with Gasteiger partial charge in [0.1, 0.15) is 6.54 Å². The van der Waals surface area contributed by atoms with Crippen molar-refractivity contribution in [1.29, 1.82) is 0 Å². The number of methoxy groups -OCH3 is 1. The van der Waals surface area contributed by atoms with Gasteiger partial charge < -0.3 is 20.7 Å². The second kappa shape index (κ2) is 13.4. The van der Waals surface area contributed by atoms with Crippen LogP contribution in [0.25, 0.3) is 0 Å². The van der Waals surface area contributed by atoms with Gasteiger partial charge in [-0.3, -0.25) is 4.79 Å². The summed E-state index contributed by atoms with van der Waals surface area (Å²) in [6.07, 6.45) is 0.837. The Kier molecular flexibility index (Phi) is 12.8. The van der Waals surface area contributed by atoms with Crippen LogP contribution in [0.4, 0.5) is 0 Å². The van der Waals surface area contributed by atoms with Gasteiger partial charge in [0.15, 0.2) is 5.96 Å². The van der Waals surface area contributed by atoms with Crippen LogP contribution in [0.5, 0.6) is 0 Å². The first-order valence-corrected chi connectivity index (χ1v) is 8.59. The fourth-order valence-corrected chi connectivity index (χ4v) is 2.71. The van der Waals surface area contributed by atoms with Gasteiger partial charge in [0.25, 0.3) is 0 Å². The number of hydrogen-bond donors (Lipinski definition) is 3. The zero-order valence-corrected chi connectivity index (χ0v) is 17.9. The van der Waals surface area contributed by atoms with Crippen LogP contribution in [-0.2, 0) is 16.0 Å². The molecule has 0 saturated carbocycles. The number of nitrogens with one attached hydrogen (secondary N) is 3. The number of rotatable bonds is 9. The molecule has 1 rings (SSSR count). The lowest BCUT2D eigenvalue weighted by molar-refractivity contribution is -0.119. The summed E-state index contributed by atoms with van der Waals surface area (Å²) >= 11 is 1.72. The lowest BCUT2D eigenvalue weighted by Crippen LogP contribution is -2.39. The van der Waals surface area contributed by atoms with E-state index in [1.807, 2.05) is 13.8 Å². The summed E-state index contributed by atoms with van der Waals surface area (Å²) < 4.78 is 4.88. The average Bonchev–Trinajstić information content (AvgIpc) is 2.83. The molecule has 9 heteroatoms. The molecule has 3 N–H and O–H groups in total. The Bertz CT molecular complexity index is 502. The van der Waals surface area contributed by atoms with Crippen LogP contribution in [0, 0.1) is 13.8 Å². The number of guanidine groups is 1. The van der Waals surface area contributed by atoms with E-state index >= 15 is 0 Å². The van der Waals surface area contributed by atoms with Gasteiger partial charge in [-0.2, -0.15) is 0 Å². The lowest BCUT2D eigenvalue weighted by Gasteiger charge is -2.10. The number of thiazole rings is 1. The van der Waals surface area contributed by atoms with Crippen molar-refractivity contribution >= 4 is 47.2 Å². The van der Waals surface area contributed by atoms with Crippen molar-refractivity contribution in [2.45, 2.75) is 27.2 Å². The molecular weight excluding hydrogens is 441 g/mol. The van der Waals surface area contributed by atoms with E-state index < -0.39 is 0 Å². The van der Waals surface area contributed by atoms with Crippen molar-refractivity contribution in [2.75, 3.05) is 39.9 Å². The maximum absolute atomic E-state index is 11.6. The fourth-order valence-electron chi connectivity index (χ4n) is 1.77. The van der Waals surface area contributed by atoms with Gasteiger partial charge in [-0.15, -0.1) is 35.3 Å². The number of carbonyl (C=O) groups excluding carboxylic acids is 1. The first kappa shape index (κ1) is 23.1. The third kappa shape index (κ3) is 9.38. The average molecular weight is 469 g/mol. The minimum absolute atomic E-state index is 0. The summed E-state index contributed by atoms with van der Waals surface area (Å²) in [4.78, 5) is 21.7. The topological polar surface area (TPSA) is 87.6 Å². The number of nitrogens with zero attached hydrogens (tertiary/aromatic N) is 2. The third-order valence-corrected chi connectivity index (χ3v) is 4.19. The standard InChI is InChI=1S/C15H27N5O2S.HI/c1-5-16-15(19-10-13(21)17-8-9-22-4)18-7-6-14-20-11(2)12(3)23-14;/h5-10H2,1-4H3,(H,17,21)(H2,16,18,19);1H. The predicted molar refractivity (Wildman–Crippen MR) is 110 cm³/mol. The monoisotopic (exact) mass is 469 g/mol. The van der Waals surface area contributed by atoms with Gasteiger partial charge in [-0.1, -0.05) is 0 Å². The minimum Gasteiger partial charge on any atom is -0.383 e. The van der Waals surface area contributed by atoms with Gasteiger partial charge in [0.05, 0.1) is 17.3 Å². The molecule has 1 aromatic heterocycles. The van der Waals surface area contributed by atoms with E-state index in [0.717, 1.165) is 30.2 Å². The van der Waals surface area contributed by atoms with Crippen molar-refractivity contribution in [3.05, 3.63) is 15.6 Å². The van der Waals surface area contributed by atoms with Crippen LogP contribution < -0.4 is 16.0 Å². The zero-order valence-electron chi connectivity index (χ0n) is 14.8. The van der Waals surface area contributed by atoms with E-state index in [2.05, 4.69) is 32.9 Å². The van der Waals surface area contributed by atoms with Gasteiger partial charge in [0, 0.05) is 38.0 Å². The number of halogens is 1. The molecular formula is C15H28IN5O2S. The number of hydrogen-bond acceptors (Lipinski definition) is 5. The van der Waals surface area contributed by atoms with Crippen LogP contribution in [0.1, 0.15) is 22.5 Å². The highest BCUT2D eigenvalue weighted by molar-refractivity contribution is 14.0. The van der Waals surface area contributed by atoms with Crippen molar-refractivity contribution in [3.63, 3.8) is 0 Å². The van der Waals surface area contributed by atoms with E-state index in [0.29, 0.717) is 19.1 Å². The summed E-state index contributed by atoms with van der Waals surface area (Å²) in [5.41, 5.74) is 1.10. The van der Waals surface area contributed by atoms with E-state index in [1.54, 1.807) is 18.4 Å². The van der Waals surface area contributed by atoms with Gasteiger partial charge in [-0.05, 0) is 20.8 Å². The zero-order chi connectivity index (χ0) is 17.1. The molecule has 0 saturated heterocycles. The molecule has 0 atom stereocenters. The molecule has 0 fully saturated rings. The van der Waals surface area contributed by atoms with E-state index in [1.165, 1.54) is 4.88 Å². The molecule has 24 heavy (non-hydrogen) atoms. The molecule has 138 valence electrons. The fraction of sp³-hybridized carbons (Fsp3) is 0.667. The minimum atomic E-state index is -0.120. The van der Waals surface area contributed by atoms with Gasteiger partial charge in [-0.25, -0.2) is 9.98 Å². The quantitative estimate of drug-likeness (QED) is 0.219. The number of ether oxygens (including phenoxy) is 1. The normalized spacial score (nSPS) is 10.9. The highest BCUT2D eigenvalue weighted by Gasteiger charge is 2.05. The number of carbonyl (C=O) groups is 1. The summed E-state index contributed by atoms with van der Waals surface area (Å²) in [6.45, 7) is 8.65.